The van der Waals surface area contributed by atoms with Crippen molar-refractivity contribution in [2.75, 3.05) is 5.32 Å². The summed E-state index contributed by atoms with van der Waals surface area (Å²) in [7, 11) is 0. The van der Waals surface area contributed by atoms with Gasteiger partial charge in [-0.1, -0.05) is 54.8 Å². The molecule has 5 nitrogen and oxygen atoms in total. The van der Waals surface area contributed by atoms with E-state index in [2.05, 4.69) is 16.6 Å². The lowest BCUT2D eigenvalue weighted by Gasteiger charge is -2.20. The summed E-state index contributed by atoms with van der Waals surface area (Å²) in [5.74, 6) is 0.642. The predicted molar refractivity (Wildman–Crippen MR) is 107 cm³/mol. The van der Waals surface area contributed by atoms with Gasteiger partial charge in [-0.25, -0.2) is 0 Å². The van der Waals surface area contributed by atoms with Crippen LogP contribution in [0.5, 0.6) is 0 Å². The van der Waals surface area contributed by atoms with E-state index in [1.165, 1.54) is 32.1 Å². The molecule has 0 radical (unpaired) electrons. The highest BCUT2D eigenvalue weighted by molar-refractivity contribution is 5.90. The van der Waals surface area contributed by atoms with E-state index in [9.17, 15) is 9.70 Å². The van der Waals surface area contributed by atoms with Crippen molar-refractivity contribution in [2.45, 2.75) is 45.1 Å². The number of carbonyl (C=O) groups excluding carboxylic acids is 1. The van der Waals surface area contributed by atoms with Crippen molar-refractivity contribution >= 4 is 11.6 Å². The van der Waals surface area contributed by atoms with Crippen LogP contribution in [0.4, 0.5) is 5.69 Å². The number of nitrogens with one attached hydrogen (secondary N) is 1. The smallest absolute Gasteiger partial charge is 0.224 e. The molecule has 140 valence electrons. The summed E-state index contributed by atoms with van der Waals surface area (Å²) >= 11 is 0. The van der Waals surface area contributed by atoms with Crippen molar-refractivity contribution in [3.63, 3.8) is 0 Å². The van der Waals surface area contributed by atoms with Gasteiger partial charge in [0, 0.05) is 12.1 Å². The Bertz CT molecular complexity index is 745. The third-order valence-corrected chi connectivity index (χ3v) is 4.59. The van der Waals surface area contributed by atoms with Gasteiger partial charge in [-0.05, 0) is 48.6 Å². The highest BCUT2D eigenvalue weighted by Gasteiger charge is 2.16. The summed E-state index contributed by atoms with van der Waals surface area (Å²) < 4.78 is 0. The molecule has 1 fully saturated rings. The van der Waals surface area contributed by atoms with Crippen LogP contribution in [0.2, 0.25) is 0 Å². The summed E-state index contributed by atoms with van der Waals surface area (Å²) in [6.45, 7) is 0.279. The third-order valence-electron chi connectivity index (χ3n) is 4.59. The van der Waals surface area contributed by atoms with Gasteiger partial charge in [-0.3, -0.25) is 4.79 Å². The standard InChI is InChI=1S/C15H18N2O.C7H7NO/c16-11-13-6-8-14(9-7-13)17-15(18)10-12-4-2-1-3-5-12;9-8-6-7-4-2-1-3-5-7/h6-9,12H,1-5,10H2,(H,17,18);1-5H,6H2. The average molecular weight is 363 g/mol. The quantitative estimate of drug-likeness (QED) is 0.720. The van der Waals surface area contributed by atoms with Gasteiger partial charge in [0.1, 0.15) is 6.54 Å². The summed E-state index contributed by atoms with van der Waals surface area (Å²) in [6.07, 6.45) is 6.82. The molecule has 2 aromatic rings. The minimum absolute atomic E-state index is 0.0895. The summed E-state index contributed by atoms with van der Waals surface area (Å²) in [6, 6.07) is 18.5. The fourth-order valence-electron chi connectivity index (χ4n) is 3.15. The molecular formula is C22H25N3O2. The van der Waals surface area contributed by atoms with Gasteiger partial charge in [0.2, 0.25) is 5.91 Å². The minimum atomic E-state index is 0.0895. The molecule has 0 saturated heterocycles. The number of rotatable bonds is 5. The molecule has 5 heteroatoms. The number of nitriles is 1. The van der Waals surface area contributed by atoms with E-state index in [4.69, 9.17) is 5.26 Å². The van der Waals surface area contributed by atoms with E-state index in [-0.39, 0.29) is 12.5 Å². The van der Waals surface area contributed by atoms with Crippen LogP contribution in [0.25, 0.3) is 0 Å². The van der Waals surface area contributed by atoms with Crippen LogP contribution < -0.4 is 5.32 Å². The second-order valence-corrected chi connectivity index (χ2v) is 6.72. The lowest BCUT2D eigenvalue weighted by molar-refractivity contribution is -0.117. The molecule has 2 aromatic carbocycles. The summed E-state index contributed by atoms with van der Waals surface area (Å²) in [4.78, 5) is 21.6. The number of hydrogen-bond donors (Lipinski definition) is 1. The number of nitroso groups, excluding NO2 is 1. The first-order chi connectivity index (χ1) is 13.2. The first kappa shape index (κ1) is 20.3. The lowest BCUT2D eigenvalue weighted by atomic mass is 9.87. The highest BCUT2D eigenvalue weighted by atomic mass is 16.3. The molecule has 1 aliphatic carbocycles. The van der Waals surface area contributed by atoms with Crippen molar-refractivity contribution < 1.29 is 4.79 Å². The molecule has 1 N–H and O–H groups in total. The molecule has 0 aliphatic heterocycles. The average Bonchev–Trinajstić information content (AvgIpc) is 2.71. The van der Waals surface area contributed by atoms with Crippen molar-refractivity contribution in [3.05, 3.63) is 70.6 Å². The van der Waals surface area contributed by atoms with Gasteiger partial charge >= 0.3 is 0 Å². The second kappa shape index (κ2) is 11.6. The number of anilines is 1. The van der Waals surface area contributed by atoms with E-state index < -0.39 is 0 Å². The van der Waals surface area contributed by atoms with Crippen molar-refractivity contribution in [1.82, 2.24) is 0 Å². The van der Waals surface area contributed by atoms with Crippen molar-refractivity contribution in [2.24, 2.45) is 11.1 Å². The predicted octanol–water partition coefficient (Wildman–Crippen LogP) is 5.42. The minimum Gasteiger partial charge on any atom is -0.326 e. The molecule has 0 atom stereocenters. The SMILES string of the molecule is N#Cc1ccc(NC(=O)CC2CCCCC2)cc1.O=NCc1ccccc1. The van der Waals surface area contributed by atoms with Crippen LogP contribution in [-0.4, -0.2) is 5.91 Å². The van der Waals surface area contributed by atoms with E-state index in [0.717, 1.165) is 11.3 Å². The maximum absolute atomic E-state index is 11.9. The molecule has 1 saturated carbocycles. The fourth-order valence-corrected chi connectivity index (χ4v) is 3.15. The zero-order chi connectivity index (χ0) is 19.3. The Morgan fingerprint density at radius 2 is 1.70 bits per heavy atom. The van der Waals surface area contributed by atoms with Crippen LogP contribution in [0.3, 0.4) is 0 Å². The van der Waals surface area contributed by atoms with Crippen LogP contribution >= 0.6 is 0 Å². The molecular weight excluding hydrogens is 338 g/mol. The van der Waals surface area contributed by atoms with E-state index >= 15 is 0 Å². The molecule has 3 rings (SSSR count). The van der Waals surface area contributed by atoms with Gasteiger partial charge in [-0.15, -0.1) is 0 Å². The van der Waals surface area contributed by atoms with Gasteiger partial charge in [-0.2, -0.15) is 10.2 Å². The molecule has 0 heterocycles. The molecule has 1 aliphatic rings. The zero-order valence-corrected chi connectivity index (χ0v) is 15.4. The number of benzene rings is 2. The number of nitrogens with zero attached hydrogens (tertiary/aromatic N) is 2. The Hall–Kier alpha value is -3.00. The van der Waals surface area contributed by atoms with Gasteiger partial charge in [0.25, 0.3) is 0 Å². The molecule has 1 amide bonds. The largest absolute Gasteiger partial charge is 0.326 e. The third kappa shape index (κ3) is 7.83. The highest BCUT2D eigenvalue weighted by Crippen LogP contribution is 2.26. The molecule has 0 bridgehead atoms. The van der Waals surface area contributed by atoms with Crippen LogP contribution in [0.15, 0.2) is 59.8 Å². The Balaban J connectivity index is 0.000000244. The number of amides is 1. The van der Waals surface area contributed by atoms with Gasteiger partial charge in [0.05, 0.1) is 11.6 Å². The molecule has 0 unspecified atom stereocenters. The Morgan fingerprint density at radius 3 is 2.30 bits per heavy atom. The van der Waals surface area contributed by atoms with Crippen LogP contribution in [0, 0.1) is 22.2 Å². The number of carbonyl (C=O) groups is 1. The fraction of sp³-hybridized carbons (Fsp3) is 0.364. The van der Waals surface area contributed by atoms with Crippen molar-refractivity contribution in [1.29, 1.82) is 5.26 Å². The van der Waals surface area contributed by atoms with Crippen LogP contribution in [-0.2, 0) is 11.3 Å². The Morgan fingerprint density at radius 1 is 1.04 bits per heavy atom. The van der Waals surface area contributed by atoms with E-state index in [0.29, 0.717) is 17.9 Å². The normalized spacial score (nSPS) is 13.6. The van der Waals surface area contributed by atoms with E-state index in [1.807, 2.05) is 30.3 Å². The van der Waals surface area contributed by atoms with Crippen molar-refractivity contribution in [3.8, 4) is 6.07 Å². The number of hydrogen-bond acceptors (Lipinski definition) is 4. The first-order valence-electron chi connectivity index (χ1n) is 9.34. The molecule has 0 spiro atoms. The summed E-state index contributed by atoms with van der Waals surface area (Å²) in [5, 5.41) is 14.3. The summed E-state index contributed by atoms with van der Waals surface area (Å²) in [5.41, 5.74) is 2.35. The second-order valence-electron chi connectivity index (χ2n) is 6.72. The Labute approximate surface area is 160 Å². The van der Waals surface area contributed by atoms with E-state index in [1.54, 1.807) is 24.3 Å². The lowest BCUT2D eigenvalue weighted by Crippen LogP contribution is -2.18. The maximum Gasteiger partial charge on any atom is 0.224 e. The maximum atomic E-state index is 11.9. The Kier molecular flexibility index (Phi) is 8.72. The molecule has 27 heavy (non-hydrogen) atoms. The zero-order valence-electron chi connectivity index (χ0n) is 15.4. The molecule has 0 aromatic heterocycles. The van der Waals surface area contributed by atoms with Crippen LogP contribution in [0.1, 0.15) is 49.7 Å². The first-order valence-corrected chi connectivity index (χ1v) is 9.34. The van der Waals surface area contributed by atoms with Gasteiger partial charge < -0.3 is 5.32 Å². The topological polar surface area (TPSA) is 82.3 Å². The van der Waals surface area contributed by atoms with Gasteiger partial charge in [0.15, 0.2) is 0 Å². The monoisotopic (exact) mass is 363 g/mol.